The predicted octanol–water partition coefficient (Wildman–Crippen LogP) is 8.39. The molecule has 0 saturated heterocycles. The number of halogens is 6. The van der Waals surface area contributed by atoms with Crippen LogP contribution in [0, 0.1) is 5.92 Å². The van der Waals surface area contributed by atoms with Gasteiger partial charge in [-0.3, -0.25) is 5.32 Å². The van der Waals surface area contributed by atoms with Crippen LogP contribution in [-0.4, -0.2) is 33.1 Å². The molecule has 238 valence electrons. The maximum atomic E-state index is 14.9. The van der Waals surface area contributed by atoms with Crippen molar-refractivity contribution in [2.24, 2.45) is 5.92 Å². The predicted molar refractivity (Wildman–Crippen MR) is 147 cm³/mol. The number of carbonyl (C=O) groups excluding carboxylic acids is 1. The molecule has 1 aliphatic heterocycles. The summed E-state index contributed by atoms with van der Waals surface area (Å²) in [5.74, 6) is -1.97. The molecule has 0 saturated carbocycles. The molecule has 0 fully saturated rings. The van der Waals surface area contributed by atoms with Crippen LogP contribution < -0.4 is 5.32 Å². The number of allylic oxidation sites excluding steroid dienone is 2. The van der Waals surface area contributed by atoms with Crippen molar-refractivity contribution in [3.8, 4) is 11.6 Å². The highest BCUT2D eigenvalue weighted by Gasteiger charge is 2.61. The zero-order valence-electron chi connectivity index (χ0n) is 24.5. The SMILES string of the molecule is CC1CC=CCC[C@](OCc2ccccc2)(C(F)(F)F)c2nnc(o2)-c2nc(c(C(F)(F)F)cc2NC(=O)OC(C)(C)C)C1. The summed E-state index contributed by atoms with van der Waals surface area (Å²) in [6.07, 6.45) is -8.50. The topological polar surface area (TPSA) is 99.4 Å². The van der Waals surface area contributed by atoms with Gasteiger partial charge in [-0.1, -0.05) is 49.4 Å². The molecule has 3 aromatic rings. The number of pyridine rings is 1. The van der Waals surface area contributed by atoms with Crippen LogP contribution in [0.15, 0.2) is 53.0 Å². The first-order valence-corrected chi connectivity index (χ1v) is 13.8. The Hall–Kier alpha value is -3.94. The van der Waals surface area contributed by atoms with Crippen LogP contribution in [0.25, 0.3) is 11.6 Å². The van der Waals surface area contributed by atoms with Gasteiger partial charge in [0.05, 0.1) is 23.6 Å². The second kappa shape index (κ2) is 12.6. The van der Waals surface area contributed by atoms with Gasteiger partial charge in [0.2, 0.25) is 5.60 Å². The number of alkyl halides is 6. The fourth-order valence-electron chi connectivity index (χ4n) is 4.62. The average molecular weight is 627 g/mol. The van der Waals surface area contributed by atoms with Crippen molar-refractivity contribution in [3.05, 3.63) is 71.3 Å². The molecule has 4 bridgehead atoms. The molecule has 2 aromatic heterocycles. The molecule has 44 heavy (non-hydrogen) atoms. The minimum atomic E-state index is -5.04. The zero-order chi connectivity index (χ0) is 32.3. The number of amides is 1. The molecule has 3 heterocycles. The Morgan fingerprint density at radius 1 is 1.07 bits per heavy atom. The Labute approximate surface area is 249 Å². The molecule has 4 rings (SSSR count). The van der Waals surface area contributed by atoms with Crippen molar-refractivity contribution in [2.45, 2.75) is 83.5 Å². The lowest BCUT2D eigenvalue weighted by Crippen LogP contribution is -2.45. The number of nitrogens with one attached hydrogen (secondary N) is 1. The highest BCUT2D eigenvalue weighted by molar-refractivity contribution is 5.89. The first-order chi connectivity index (χ1) is 20.5. The lowest BCUT2D eigenvalue weighted by Gasteiger charge is -2.32. The molecule has 1 aliphatic rings. The Kier molecular flexibility index (Phi) is 9.43. The minimum absolute atomic E-state index is 0.110. The molecule has 1 unspecified atom stereocenters. The van der Waals surface area contributed by atoms with E-state index in [-0.39, 0.29) is 25.2 Å². The van der Waals surface area contributed by atoms with E-state index in [1.54, 1.807) is 64.1 Å². The number of benzene rings is 1. The van der Waals surface area contributed by atoms with E-state index in [1.165, 1.54) is 6.08 Å². The molecule has 8 nitrogen and oxygen atoms in total. The van der Waals surface area contributed by atoms with E-state index < -0.39 is 77.1 Å². The van der Waals surface area contributed by atoms with E-state index in [9.17, 15) is 31.1 Å². The largest absolute Gasteiger partial charge is 0.444 e. The summed E-state index contributed by atoms with van der Waals surface area (Å²) in [5, 5.41) is 9.63. The summed E-state index contributed by atoms with van der Waals surface area (Å²) < 4.78 is 104. The standard InChI is InChI=1S/C30H32F6N4O4/c1-18-11-7-6-10-14-28(30(34,35)36,42-17-19-12-8-5-9-13-19)25-40-39-24(43-25)23-22(38-26(41)44-27(2,3)4)16-20(29(31,32)33)21(15-18)37-23/h5-9,12-13,16,18H,10-11,14-15,17H2,1-4H3,(H,38,41)/t18?,28-/m1/s1. The molecular formula is C30H32F6N4O4. The third kappa shape index (κ3) is 7.76. The van der Waals surface area contributed by atoms with Crippen molar-refractivity contribution in [3.63, 3.8) is 0 Å². The summed E-state index contributed by atoms with van der Waals surface area (Å²) in [6, 6.07) is 8.83. The highest BCUT2D eigenvalue weighted by atomic mass is 19.4. The van der Waals surface area contributed by atoms with E-state index in [0.29, 0.717) is 11.6 Å². The van der Waals surface area contributed by atoms with E-state index in [4.69, 9.17) is 13.9 Å². The van der Waals surface area contributed by atoms with E-state index in [1.807, 2.05) is 0 Å². The van der Waals surface area contributed by atoms with Gasteiger partial charge in [-0.05, 0) is 64.0 Å². The molecule has 0 aliphatic carbocycles. The maximum absolute atomic E-state index is 14.9. The van der Waals surface area contributed by atoms with Crippen LogP contribution in [0.3, 0.4) is 0 Å². The molecule has 1 amide bonds. The number of fused-ring (bicyclic) bond motifs is 5. The van der Waals surface area contributed by atoms with Crippen LogP contribution in [-0.2, 0) is 34.3 Å². The van der Waals surface area contributed by atoms with Gasteiger partial charge in [0, 0.05) is 0 Å². The minimum Gasteiger partial charge on any atom is -0.444 e. The van der Waals surface area contributed by atoms with Gasteiger partial charge in [0.15, 0.2) is 5.69 Å². The van der Waals surface area contributed by atoms with Gasteiger partial charge in [-0.25, -0.2) is 9.78 Å². The fraction of sp³-hybridized carbons (Fsp3) is 0.467. The van der Waals surface area contributed by atoms with Crippen LogP contribution in [0.2, 0.25) is 0 Å². The zero-order valence-corrected chi connectivity index (χ0v) is 24.5. The summed E-state index contributed by atoms with van der Waals surface area (Å²) in [6.45, 7) is 5.89. The lowest BCUT2D eigenvalue weighted by atomic mass is 9.94. The first-order valence-electron chi connectivity index (χ1n) is 13.8. The molecule has 1 N–H and O–H groups in total. The number of hydrogen-bond acceptors (Lipinski definition) is 7. The Balaban J connectivity index is 1.90. The Bertz CT molecular complexity index is 1480. The van der Waals surface area contributed by atoms with Crippen molar-refractivity contribution in [1.29, 1.82) is 0 Å². The second-order valence-corrected chi connectivity index (χ2v) is 11.6. The molecule has 14 heteroatoms. The second-order valence-electron chi connectivity index (χ2n) is 11.6. The lowest BCUT2D eigenvalue weighted by molar-refractivity contribution is -0.299. The van der Waals surface area contributed by atoms with Crippen molar-refractivity contribution < 1.29 is 45.0 Å². The van der Waals surface area contributed by atoms with Crippen LogP contribution >= 0.6 is 0 Å². The van der Waals surface area contributed by atoms with E-state index in [2.05, 4.69) is 20.5 Å². The van der Waals surface area contributed by atoms with Gasteiger partial charge in [-0.15, -0.1) is 10.2 Å². The first kappa shape index (κ1) is 33.0. The number of rotatable bonds is 4. The smallest absolute Gasteiger partial charge is 0.426 e. The quantitative estimate of drug-likeness (QED) is 0.229. The Morgan fingerprint density at radius 2 is 1.77 bits per heavy atom. The highest BCUT2D eigenvalue weighted by Crippen LogP contribution is 2.47. The molecule has 0 spiro atoms. The van der Waals surface area contributed by atoms with Crippen molar-refractivity contribution >= 4 is 11.8 Å². The van der Waals surface area contributed by atoms with E-state index in [0.717, 1.165) is 0 Å². The number of ether oxygens (including phenoxy) is 2. The van der Waals surface area contributed by atoms with Gasteiger partial charge >= 0.3 is 18.4 Å². The van der Waals surface area contributed by atoms with Crippen LogP contribution in [0.4, 0.5) is 36.8 Å². The summed E-state index contributed by atoms with van der Waals surface area (Å²) in [7, 11) is 0. The normalized spacial score (nSPS) is 19.7. The number of aromatic nitrogens is 3. The number of carbonyl (C=O) groups is 1. The Morgan fingerprint density at radius 3 is 2.41 bits per heavy atom. The molecule has 0 radical (unpaired) electrons. The fourth-order valence-corrected chi connectivity index (χ4v) is 4.62. The third-order valence-electron chi connectivity index (χ3n) is 6.71. The van der Waals surface area contributed by atoms with Gasteiger partial charge in [-0.2, -0.15) is 26.3 Å². The number of hydrogen-bond donors (Lipinski definition) is 1. The molecule has 1 aromatic carbocycles. The van der Waals surface area contributed by atoms with Crippen molar-refractivity contribution in [1.82, 2.24) is 15.2 Å². The summed E-state index contributed by atoms with van der Waals surface area (Å²) in [5.41, 5.74) is -6.14. The number of nitrogens with zero attached hydrogens (tertiary/aromatic N) is 3. The molecular weight excluding hydrogens is 594 g/mol. The van der Waals surface area contributed by atoms with Gasteiger partial charge in [0.25, 0.3) is 11.8 Å². The van der Waals surface area contributed by atoms with Gasteiger partial charge < -0.3 is 13.9 Å². The summed E-state index contributed by atoms with van der Waals surface area (Å²) >= 11 is 0. The summed E-state index contributed by atoms with van der Waals surface area (Å²) in [4.78, 5) is 16.7. The number of anilines is 1. The van der Waals surface area contributed by atoms with E-state index >= 15 is 0 Å². The van der Waals surface area contributed by atoms with Crippen LogP contribution in [0.1, 0.15) is 69.7 Å². The van der Waals surface area contributed by atoms with Crippen LogP contribution in [0.5, 0.6) is 0 Å². The van der Waals surface area contributed by atoms with Crippen molar-refractivity contribution in [2.75, 3.05) is 5.32 Å². The third-order valence-corrected chi connectivity index (χ3v) is 6.71. The monoisotopic (exact) mass is 626 g/mol. The maximum Gasteiger partial charge on any atom is 0.426 e. The average Bonchev–Trinajstić information content (AvgIpc) is 3.39. The van der Waals surface area contributed by atoms with Gasteiger partial charge in [0.1, 0.15) is 5.60 Å². The molecule has 2 atom stereocenters.